The number of carbonyl (C=O) groups is 1. The standard InChI is InChI=1S/C19H20ClN5O3/c1-11(2)27-7-8-28-17-10-13(12-5-3-4-6-16(12)20)14(9-15(17)18(21)26)19-22-24-25-23-19/h3-6,9-11H,7-8H2,1-2H3,(H2,21,26)(H,22,23,24,25). The van der Waals surface area contributed by atoms with Gasteiger partial charge in [0.25, 0.3) is 5.91 Å². The fourth-order valence-electron chi connectivity index (χ4n) is 2.69. The Balaban J connectivity index is 2.09. The first-order chi connectivity index (χ1) is 13.5. The monoisotopic (exact) mass is 401 g/mol. The number of nitrogens with one attached hydrogen (secondary N) is 1. The van der Waals surface area contributed by atoms with Gasteiger partial charge in [0.2, 0.25) is 5.82 Å². The quantitative estimate of drug-likeness (QED) is 0.560. The van der Waals surface area contributed by atoms with Crippen LogP contribution < -0.4 is 10.5 Å². The Morgan fingerprint density at radius 3 is 2.61 bits per heavy atom. The smallest absolute Gasteiger partial charge is 0.252 e. The van der Waals surface area contributed by atoms with Gasteiger partial charge in [-0.05, 0) is 42.8 Å². The molecule has 0 atom stereocenters. The van der Waals surface area contributed by atoms with Gasteiger partial charge in [-0.3, -0.25) is 4.79 Å². The van der Waals surface area contributed by atoms with Crippen LogP contribution in [0.25, 0.3) is 22.5 Å². The van der Waals surface area contributed by atoms with Crippen LogP contribution in [-0.2, 0) is 4.74 Å². The zero-order valence-corrected chi connectivity index (χ0v) is 16.2. The Kier molecular flexibility index (Phi) is 6.23. The number of amides is 1. The van der Waals surface area contributed by atoms with Crippen LogP contribution in [-0.4, -0.2) is 45.8 Å². The lowest BCUT2D eigenvalue weighted by molar-refractivity contribution is 0.0549. The number of halogens is 1. The van der Waals surface area contributed by atoms with E-state index in [-0.39, 0.29) is 18.3 Å². The zero-order chi connectivity index (χ0) is 20.1. The van der Waals surface area contributed by atoms with E-state index < -0.39 is 5.91 Å². The Morgan fingerprint density at radius 2 is 1.96 bits per heavy atom. The molecule has 2 aromatic carbocycles. The van der Waals surface area contributed by atoms with Crippen molar-refractivity contribution >= 4 is 17.5 Å². The molecule has 0 aliphatic carbocycles. The van der Waals surface area contributed by atoms with E-state index in [1.807, 2.05) is 32.0 Å². The fraction of sp³-hybridized carbons (Fsp3) is 0.263. The van der Waals surface area contributed by atoms with Gasteiger partial charge in [0, 0.05) is 16.1 Å². The molecule has 0 spiro atoms. The molecule has 0 saturated heterocycles. The van der Waals surface area contributed by atoms with Crippen molar-refractivity contribution in [1.29, 1.82) is 0 Å². The van der Waals surface area contributed by atoms with Gasteiger partial charge in [0.15, 0.2) is 0 Å². The van der Waals surface area contributed by atoms with E-state index in [0.29, 0.717) is 34.3 Å². The van der Waals surface area contributed by atoms with Crippen molar-refractivity contribution in [3.63, 3.8) is 0 Å². The molecule has 1 heterocycles. The van der Waals surface area contributed by atoms with Gasteiger partial charge in [-0.15, -0.1) is 10.2 Å². The molecule has 8 nitrogen and oxygen atoms in total. The van der Waals surface area contributed by atoms with E-state index >= 15 is 0 Å². The van der Waals surface area contributed by atoms with Crippen LogP contribution in [0, 0.1) is 0 Å². The molecule has 0 fully saturated rings. The number of ether oxygens (including phenoxy) is 2. The van der Waals surface area contributed by atoms with Crippen molar-refractivity contribution in [3.8, 4) is 28.3 Å². The van der Waals surface area contributed by atoms with E-state index in [1.165, 1.54) is 0 Å². The first-order valence-electron chi connectivity index (χ1n) is 8.68. The number of rotatable bonds is 8. The van der Waals surface area contributed by atoms with E-state index in [2.05, 4.69) is 20.6 Å². The van der Waals surface area contributed by atoms with Gasteiger partial charge in [-0.2, -0.15) is 5.21 Å². The maximum Gasteiger partial charge on any atom is 0.252 e. The van der Waals surface area contributed by atoms with Crippen LogP contribution in [0.3, 0.4) is 0 Å². The first kappa shape index (κ1) is 19.8. The molecule has 0 radical (unpaired) electrons. The Labute approximate surface area is 167 Å². The first-order valence-corrected chi connectivity index (χ1v) is 9.06. The summed E-state index contributed by atoms with van der Waals surface area (Å²) in [5.41, 5.74) is 7.76. The lowest BCUT2D eigenvalue weighted by Gasteiger charge is -2.16. The van der Waals surface area contributed by atoms with Crippen molar-refractivity contribution in [2.75, 3.05) is 13.2 Å². The minimum Gasteiger partial charge on any atom is -0.490 e. The number of nitrogens with zero attached hydrogens (tertiary/aromatic N) is 3. The van der Waals surface area contributed by atoms with E-state index in [0.717, 1.165) is 5.56 Å². The van der Waals surface area contributed by atoms with Crippen LogP contribution >= 0.6 is 11.6 Å². The summed E-state index contributed by atoms with van der Waals surface area (Å²) in [5.74, 6) is 0.0179. The second kappa shape index (κ2) is 8.81. The van der Waals surface area contributed by atoms with Gasteiger partial charge >= 0.3 is 0 Å². The molecule has 1 aromatic heterocycles. The van der Waals surface area contributed by atoms with Gasteiger partial charge in [0.1, 0.15) is 12.4 Å². The van der Waals surface area contributed by atoms with Crippen molar-refractivity contribution in [3.05, 3.63) is 47.0 Å². The van der Waals surface area contributed by atoms with Crippen molar-refractivity contribution < 1.29 is 14.3 Å². The molecule has 3 N–H and O–H groups in total. The third-order valence-electron chi connectivity index (χ3n) is 3.93. The number of hydrogen-bond donors (Lipinski definition) is 2. The van der Waals surface area contributed by atoms with Crippen molar-refractivity contribution in [2.24, 2.45) is 5.73 Å². The molecule has 0 bridgehead atoms. The molecular weight excluding hydrogens is 382 g/mol. The summed E-state index contributed by atoms with van der Waals surface area (Å²) in [7, 11) is 0. The SMILES string of the molecule is CC(C)OCCOc1cc(-c2ccccc2Cl)c(-c2nn[nH]n2)cc1C(N)=O. The molecule has 3 rings (SSSR count). The summed E-state index contributed by atoms with van der Waals surface area (Å²) < 4.78 is 11.3. The average Bonchev–Trinajstić information content (AvgIpc) is 3.19. The summed E-state index contributed by atoms with van der Waals surface area (Å²) in [5, 5.41) is 14.6. The van der Waals surface area contributed by atoms with Crippen LogP contribution in [0.2, 0.25) is 5.02 Å². The van der Waals surface area contributed by atoms with E-state index in [9.17, 15) is 4.79 Å². The van der Waals surface area contributed by atoms with Gasteiger partial charge in [0.05, 0.1) is 18.3 Å². The number of tetrazole rings is 1. The number of carbonyl (C=O) groups excluding carboxylic acids is 1. The molecule has 1 amide bonds. The normalized spacial score (nSPS) is 11.0. The summed E-state index contributed by atoms with van der Waals surface area (Å²) in [4.78, 5) is 12.0. The molecular formula is C19H20ClN5O3. The predicted molar refractivity (Wildman–Crippen MR) is 105 cm³/mol. The topological polar surface area (TPSA) is 116 Å². The molecule has 3 aromatic rings. The van der Waals surface area contributed by atoms with Gasteiger partial charge in [-0.1, -0.05) is 29.8 Å². The number of primary amides is 1. The molecule has 28 heavy (non-hydrogen) atoms. The maximum atomic E-state index is 12.0. The maximum absolute atomic E-state index is 12.0. The molecule has 0 unspecified atom stereocenters. The number of aromatic amines is 1. The van der Waals surface area contributed by atoms with E-state index in [1.54, 1.807) is 18.2 Å². The van der Waals surface area contributed by atoms with Crippen LogP contribution in [0.15, 0.2) is 36.4 Å². The average molecular weight is 402 g/mol. The number of benzene rings is 2. The van der Waals surface area contributed by atoms with Crippen molar-refractivity contribution in [2.45, 2.75) is 20.0 Å². The van der Waals surface area contributed by atoms with Gasteiger partial charge in [-0.25, -0.2) is 0 Å². The Hall–Kier alpha value is -2.97. The fourth-order valence-corrected chi connectivity index (χ4v) is 2.93. The summed E-state index contributed by atoms with van der Waals surface area (Å²) in [6.45, 7) is 4.51. The summed E-state index contributed by atoms with van der Waals surface area (Å²) in [6, 6.07) is 10.6. The number of nitrogens with two attached hydrogens (primary N) is 1. The predicted octanol–water partition coefficient (Wildman–Crippen LogP) is 3.09. The largest absolute Gasteiger partial charge is 0.490 e. The highest BCUT2D eigenvalue weighted by Crippen LogP contribution is 2.38. The third kappa shape index (κ3) is 4.47. The minimum atomic E-state index is -0.629. The van der Waals surface area contributed by atoms with Crippen LogP contribution in [0.4, 0.5) is 0 Å². The molecule has 9 heteroatoms. The van der Waals surface area contributed by atoms with Gasteiger partial charge < -0.3 is 15.2 Å². The van der Waals surface area contributed by atoms with Crippen molar-refractivity contribution in [1.82, 2.24) is 20.6 Å². The molecule has 0 aliphatic heterocycles. The third-order valence-corrected chi connectivity index (χ3v) is 4.26. The lowest BCUT2D eigenvalue weighted by atomic mass is 9.96. The number of aromatic nitrogens is 4. The summed E-state index contributed by atoms with van der Waals surface area (Å²) >= 11 is 6.39. The Morgan fingerprint density at radius 1 is 1.18 bits per heavy atom. The van der Waals surface area contributed by atoms with E-state index in [4.69, 9.17) is 26.8 Å². The lowest BCUT2D eigenvalue weighted by Crippen LogP contribution is -2.16. The zero-order valence-electron chi connectivity index (χ0n) is 15.5. The second-order valence-electron chi connectivity index (χ2n) is 6.24. The number of hydrogen-bond acceptors (Lipinski definition) is 6. The number of H-pyrrole nitrogens is 1. The highest BCUT2D eigenvalue weighted by atomic mass is 35.5. The minimum absolute atomic E-state index is 0.0820. The Bertz CT molecular complexity index is 960. The highest BCUT2D eigenvalue weighted by molar-refractivity contribution is 6.33. The highest BCUT2D eigenvalue weighted by Gasteiger charge is 2.20. The van der Waals surface area contributed by atoms with Crippen LogP contribution in [0.1, 0.15) is 24.2 Å². The molecule has 146 valence electrons. The molecule has 0 aliphatic rings. The van der Waals surface area contributed by atoms with Crippen LogP contribution in [0.5, 0.6) is 5.75 Å². The molecule has 0 saturated carbocycles. The second-order valence-corrected chi connectivity index (χ2v) is 6.65. The summed E-state index contributed by atoms with van der Waals surface area (Å²) in [6.07, 6.45) is 0.0820.